The Bertz CT molecular complexity index is 697. The molecular formula is C19H20N2O2S. The second kappa shape index (κ2) is 9.47. The number of amides is 1. The predicted octanol–water partition coefficient (Wildman–Crippen LogP) is 4.00. The first-order valence-corrected chi connectivity index (χ1v) is 8.16. The maximum Gasteiger partial charge on any atom is 0.250 e. The zero-order valence-corrected chi connectivity index (χ0v) is 14.3. The maximum atomic E-state index is 11.8. The summed E-state index contributed by atoms with van der Waals surface area (Å²) in [5.74, 6) is 0.530. The summed E-state index contributed by atoms with van der Waals surface area (Å²) in [5.41, 5.74) is 1.74. The van der Waals surface area contributed by atoms with Crippen LogP contribution in [0, 0.1) is 0 Å². The molecule has 0 radical (unpaired) electrons. The van der Waals surface area contributed by atoms with Crippen LogP contribution in [0.15, 0.2) is 60.7 Å². The zero-order chi connectivity index (χ0) is 17.2. The van der Waals surface area contributed by atoms with E-state index in [-0.39, 0.29) is 11.0 Å². The van der Waals surface area contributed by atoms with E-state index in [4.69, 9.17) is 17.0 Å². The Labute approximate surface area is 147 Å². The average Bonchev–Trinajstić information content (AvgIpc) is 2.60. The fraction of sp³-hybridized carbons (Fsp3) is 0.158. The SMILES string of the molecule is CCCOc1ccc(NC(=S)NC(=O)C=Cc2ccccc2)cc1. The number of ether oxygens (including phenoxy) is 1. The Hall–Kier alpha value is -2.66. The number of thiocarbonyl (C=S) groups is 1. The van der Waals surface area contributed by atoms with Gasteiger partial charge in [-0.2, -0.15) is 0 Å². The smallest absolute Gasteiger partial charge is 0.250 e. The third-order valence-corrected chi connectivity index (χ3v) is 3.25. The zero-order valence-electron chi connectivity index (χ0n) is 13.5. The molecule has 0 aliphatic carbocycles. The number of anilines is 1. The van der Waals surface area contributed by atoms with Crippen LogP contribution in [0.3, 0.4) is 0 Å². The fourth-order valence-electron chi connectivity index (χ4n) is 1.91. The first-order valence-electron chi connectivity index (χ1n) is 7.75. The van der Waals surface area contributed by atoms with E-state index in [0.29, 0.717) is 6.61 Å². The maximum absolute atomic E-state index is 11.8. The lowest BCUT2D eigenvalue weighted by Gasteiger charge is -2.09. The van der Waals surface area contributed by atoms with Gasteiger partial charge in [0.05, 0.1) is 6.61 Å². The van der Waals surface area contributed by atoms with Crippen LogP contribution in [0.25, 0.3) is 6.08 Å². The molecule has 0 aromatic heterocycles. The normalized spacial score (nSPS) is 10.4. The van der Waals surface area contributed by atoms with Crippen LogP contribution in [-0.4, -0.2) is 17.6 Å². The first kappa shape index (κ1) is 17.7. The van der Waals surface area contributed by atoms with Crippen LogP contribution < -0.4 is 15.4 Å². The lowest BCUT2D eigenvalue weighted by molar-refractivity contribution is -0.115. The highest BCUT2D eigenvalue weighted by molar-refractivity contribution is 7.80. The molecule has 2 rings (SSSR count). The number of hydrogen-bond acceptors (Lipinski definition) is 3. The summed E-state index contributed by atoms with van der Waals surface area (Å²) in [6, 6.07) is 17.0. The molecule has 24 heavy (non-hydrogen) atoms. The molecule has 0 unspecified atom stereocenters. The van der Waals surface area contributed by atoms with Crippen LogP contribution in [0.4, 0.5) is 5.69 Å². The second-order valence-electron chi connectivity index (χ2n) is 5.06. The van der Waals surface area contributed by atoms with Crippen molar-refractivity contribution in [2.75, 3.05) is 11.9 Å². The van der Waals surface area contributed by atoms with Crippen molar-refractivity contribution in [3.05, 3.63) is 66.2 Å². The minimum atomic E-state index is -0.278. The molecule has 0 saturated heterocycles. The van der Waals surface area contributed by atoms with E-state index in [2.05, 4.69) is 17.6 Å². The summed E-state index contributed by atoms with van der Waals surface area (Å²) >= 11 is 5.14. The Morgan fingerprint density at radius 3 is 2.50 bits per heavy atom. The molecule has 0 aliphatic heterocycles. The summed E-state index contributed by atoms with van der Waals surface area (Å²) < 4.78 is 5.51. The van der Waals surface area contributed by atoms with Crippen molar-refractivity contribution in [3.63, 3.8) is 0 Å². The van der Waals surface area contributed by atoms with Crippen LogP contribution in [-0.2, 0) is 4.79 Å². The topological polar surface area (TPSA) is 50.4 Å². The summed E-state index contributed by atoms with van der Waals surface area (Å²) in [4.78, 5) is 11.8. The highest BCUT2D eigenvalue weighted by Gasteiger charge is 2.02. The second-order valence-corrected chi connectivity index (χ2v) is 5.47. The Kier molecular flexibility index (Phi) is 6.98. The van der Waals surface area contributed by atoms with Gasteiger partial charge >= 0.3 is 0 Å². The van der Waals surface area contributed by atoms with Gasteiger partial charge in [0.1, 0.15) is 5.75 Å². The molecule has 0 spiro atoms. The molecule has 0 saturated carbocycles. The largest absolute Gasteiger partial charge is 0.494 e. The van der Waals surface area contributed by atoms with Crippen molar-refractivity contribution < 1.29 is 9.53 Å². The lowest BCUT2D eigenvalue weighted by atomic mass is 10.2. The van der Waals surface area contributed by atoms with E-state index < -0.39 is 0 Å². The number of carbonyl (C=O) groups excluding carboxylic acids is 1. The van der Waals surface area contributed by atoms with Gasteiger partial charge in [-0.15, -0.1) is 0 Å². The number of nitrogens with one attached hydrogen (secondary N) is 2. The molecule has 0 bridgehead atoms. The molecule has 2 aromatic carbocycles. The molecule has 0 atom stereocenters. The molecule has 0 fully saturated rings. The van der Waals surface area contributed by atoms with E-state index in [1.54, 1.807) is 6.08 Å². The number of hydrogen-bond donors (Lipinski definition) is 2. The van der Waals surface area contributed by atoms with E-state index in [0.717, 1.165) is 23.4 Å². The van der Waals surface area contributed by atoms with E-state index in [1.807, 2.05) is 54.6 Å². The van der Waals surface area contributed by atoms with Crippen LogP contribution in [0.1, 0.15) is 18.9 Å². The van der Waals surface area contributed by atoms with Gasteiger partial charge in [-0.3, -0.25) is 10.1 Å². The monoisotopic (exact) mass is 340 g/mol. The van der Waals surface area contributed by atoms with E-state index >= 15 is 0 Å². The lowest BCUT2D eigenvalue weighted by Crippen LogP contribution is -2.32. The first-order chi connectivity index (χ1) is 11.7. The standard InChI is InChI=1S/C19H20N2O2S/c1-2-14-23-17-11-9-16(10-12-17)20-19(24)21-18(22)13-8-15-6-4-3-5-7-15/h3-13H,2,14H2,1H3,(H2,20,21,22,24). The Morgan fingerprint density at radius 2 is 1.83 bits per heavy atom. The summed E-state index contributed by atoms with van der Waals surface area (Å²) in [7, 11) is 0. The molecule has 4 nitrogen and oxygen atoms in total. The van der Waals surface area contributed by atoms with Gasteiger partial charge in [-0.1, -0.05) is 37.3 Å². The van der Waals surface area contributed by atoms with Crippen molar-refractivity contribution >= 4 is 35.0 Å². The molecule has 0 heterocycles. The molecule has 2 N–H and O–H groups in total. The van der Waals surface area contributed by atoms with Gasteiger partial charge in [-0.05, 0) is 54.5 Å². The van der Waals surface area contributed by atoms with E-state index in [9.17, 15) is 4.79 Å². The van der Waals surface area contributed by atoms with Gasteiger partial charge in [-0.25, -0.2) is 0 Å². The summed E-state index contributed by atoms with van der Waals surface area (Å²) in [6.07, 6.45) is 4.15. The quantitative estimate of drug-likeness (QED) is 0.616. The fourth-order valence-corrected chi connectivity index (χ4v) is 2.12. The van der Waals surface area contributed by atoms with Crippen molar-refractivity contribution in [1.82, 2.24) is 5.32 Å². The third kappa shape index (κ3) is 6.22. The molecular weight excluding hydrogens is 320 g/mol. The molecule has 1 amide bonds. The Balaban J connectivity index is 1.82. The van der Waals surface area contributed by atoms with E-state index in [1.165, 1.54) is 6.08 Å². The van der Waals surface area contributed by atoms with Crippen molar-refractivity contribution in [2.45, 2.75) is 13.3 Å². The van der Waals surface area contributed by atoms with Gasteiger partial charge < -0.3 is 10.1 Å². The van der Waals surface area contributed by atoms with Gasteiger partial charge in [0.2, 0.25) is 5.91 Å². The average molecular weight is 340 g/mol. The molecule has 5 heteroatoms. The van der Waals surface area contributed by atoms with Crippen molar-refractivity contribution in [2.24, 2.45) is 0 Å². The molecule has 0 aliphatic rings. The number of benzene rings is 2. The van der Waals surface area contributed by atoms with Crippen molar-refractivity contribution in [1.29, 1.82) is 0 Å². The predicted molar refractivity (Wildman–Crippen MR) is 102 cm³/mol. The summed E-state index contributed by atoms with van der Waals surface area (Å²) in [6.45, 7) is 2.75. The Morgan fingerprint density at radius 1 is 1.12 bits per heavy atom. The van der Waals surface area contributed by atoms with Gasteiger partial charge in [0.15, 0.2) is 5.11 Å². The number of carbonyl (C=O) groups is 1. The van der Waals surface area contributed by atoms with Crippen LogP contribution >= 0.6 is 12.2 Å². The minimum Gasteiger partial charge on any atom is -0.494 e. The third-order valence-electron chi connectivity index (χ3n) is 3.05. The van der Waals surface area contributed by atoms with Crippen LogP contribution in [0.5, 0.6) is 5.75 Å². The molecule has 2 aromatic rings. The molecule has 124 valence electrons. The minimum absolute atomic E-state index is 0.250. The van der Waals surface area contributed by atoms with Gasteiger partial charge in [0, 0.05) is 11.8 Å². The number of rotatable bonds is 6. The van der Waals surface area contributed by atoms with Crippen LogP contribution in [0.2, 0.25) is 0 Å². The highest BCUT2D eigenvalue weighted by atomic mass is 32.1. The highest BCUT2D eigenvalue weighted by Crippen LogP contribution is 2.15. The van der Waals surface area contributed by atoms with Crippen molar-refractivity contribution in [3.8, 4) is 5.75 Å². The van der Waals surface area contributed by atoms with Gasteiger partial charge in [0.25, 0.3) is 0 Å². The summed E-state index contributed by atoms with van der Waals surface area (Å²) in [5, 5.41) is 5.83.